The largest absolute Gasteiger partial charge is 0.352 e. The lowest BCUT2D eigenvalue weighted by Gasteiger charge is -2.28. The molecular formula is C15H20Cl3N3O2. The Labute approximate surface area is 151 Å². The lowest BCUT2D eigenvalue weighted by Crippen LogP contribution is -2.48. The van der Waals surface area contributed by atoms with Gasteiger partial charge in [-0.05, 0) is 44.5 Å². The van der Waals surface area contributed by atoms with Crippen LogP contribution >= 0.6 is 35.6 Å². The van der Waals surface area contributed by atoms with Gasteiger partial charge in [0.1, 0.15) is 0 Å². The Morgan fingerprint density at radius 1 is 1.30 bits per heavy atom. The SMILES string of the molecule is CC1CC(NC(=O)CNC(=O)c2ccc(Cl)c(Cl)c2)CCN1.Cl. The molecule has 0 saturated carbocycles. The summed E-state index contributed by atoms with van der Waals surface area (Å²) in [5, 5.41) is 9.53. The molecule has 1 aliphatic heterocycles. The summed E-state index contributed by atoms with van der Waals surface area (Å²) in [6.45, 7) is 2.92. The van der Waals surface area contributed by atoms with Gasteiger partial charge < -0.3 is 16.0 Å². The van der Waals surface area contributed by atoms with E-state index < -0.39 is 0 Å². The average molecular weight is 381 g/mol. The Bertz CT molecular complexity index is 569. The van der Waals surface area contributed by atoms with Crippen molar-refractivity contribution in [1.82, 2.24) is 16.0 Å². The predicted molar refractivity (Wildman–Crippen MR) is 94.7 cm³/mol. The number of carbonyl (C=O) groups excluding carboxylic acids is 2. The van der Waals surface area contributed by atoms with Crippen LogP contribution in [0.5, 0.6) is 0 Å². The average Bonchev–Trinajstić information content (AvgIpc) is 2.47. The van der Waals surface area contributed by atoms with Gasteiger partial charge in [-0.1, -0.05) is 23.2 Å². The fourth-order valence-electron chi connectivity index (χ4n) is 2.44. The van der Waals surface area contributed by atoms with E-state index in [0.29, 0.717) is 21.7 Å². The third kappa shape index (κ3) is 6.18. The van der Waals surface area contributed by atoms with E-state index >= 15 is 0 Å². The number of hydrogen-bond donors (Lipinski definition) is 3. The molecule has 1 saturated heterocycles. The maximum Gasteiger partial charge on any atom is 0.251 e. The summed E-state index contributed by atoms with van der Waals surface area (Å²) in [5.74, 6) is -0.542. The molecular weight excluding hydrogens is 361 g/mol. The lowest BCUT2D eigenvalue weighted by atomic mass is 10.0. The normalized spacial score (nSPS) is 20.3. The van der Waals surface area contributed by atoms with E-state index in [-0.39, 0.29) is 36.8 Å². The highest BCUT2D eigenvalue weighted by Crippen LogP contribution is 2.22. The molecule has 1 aliphatic rings. The van der Waals surface area contributed by atoms with Gasteiger partial charge in [0.15, 0.2) is 0 Å². The molecule has 1 heterocycles. The third-order valence-corrected chi connectivity index (χ3v) is 4.32. The van der Waals surface area contributed by atoms with Crippen molar-refractivity contribution >= 4 is 47.4 Å². The second-order valence-electron chi connectivity index (χ2n) is 5.46. The van der Waals surface area contributed by atoms with Crippen LogP contribution in [-0.4, -0.2) is 37.0 Å². The van der Waals surface area contributed by atoms with E-state index in [1.165, 1.54) is 6.07 Å². The van der Waals surface area contributed by atoms with Gasteiger partial charge in [-0.25, -0.2) is 0 Å². The van der Waals surface area contributed by atoms with Crippen LogP contribution < -0.4 is 16.0 Å². The Balaban J connectivity index is 0.00000264. The number of carbonyl (C=O) groups is 2. The zero-order chi connectivity index (χ0) is 16.1. The zero-order valence-electron chi connectivity index (χ0n) is 12.7. The highest BCUT2D eigenvalue weighted by atomic mass is 35.5. The maximum atomic E-state index is 12.0. The van der Waals surface area contributed by atoms with E-state index in [9.17, 15) is 9.59 Å². The summed E-state index contributed by atoms with van der Waals surface area (Å²) in [7, 11) is 0. The van der Waals surface area contributed by atoms with Crippen LogP contribution in [0, 0.1) is 0 Å². The molecule has 2 amide bonds. The number of nitrogens with one attached hydrogen (secondary N) is 3. The quantitative estimate of drug-likeness (QED) is 0.751. The third-order valence-electron chi connectivity index (χ3n) is 3.58. The van der Waals surface area contributed by atoms with Crippen molar-refractivity contribution < 1.29 is 9.59 Å². The predicted octanol–water partition coefficient (Wildman–Crippen LogP) is 2.40. The van der Waals surface area contributed by atoms with Crippen LogP contribution in [0.25, 0.3) is 0 Å². The summed E-state index contributed by atoms with van der Waals surface area (Å²) in [5.41, 5.74) is 0.373. The fourth-order valence-corrected chi connectivity index (χ4v) is 2.74. The molecule has 23 heavy (non-hydrogen) atoms. The second kappa shape index (κ2) is 9.33. The van der Waals surface area contributed by atoms with Crippen molar-refractivity contribution in [2.24, 2.45) is 0 Å². The minimum absolute atomic E-state index is 0. The monoisotopic (exact) mass is 379 g/mol. The number of hydrogen-bond acceptors (Lipinski definition) is 3. The number of halogens is 3. The molecule has 2 rings (SSSR count). The van der Waals surface area contributed by atoms with E-state index in [1.54, 1.807) is 12.1 Å². The van der Waals surface area contributed by atoms with Crippen LogP contribution in [0.3, 0.4) is 0 Å². The minimum atomic E-state index is -0.354. The van der Waals surface area contributed by atoms with E-state index in [0.717, 1.165) is 19.4 Å². The van der Waals surface area contributed by atoms with Crippen LogP contribution in [0.1, 0.15) is 30.1 Å². The minimum Gasteiger partial charge on any atom is -0.352 e. The van der Waals surface area contributed by atoms with Crippen molar-refractivity contribution in [3.05, 3.63) is 33.8 Å². The first-order chi connectivity index (χ1) is 10.5. The number of rotatable bonds is 4. The molecule has 0 aromatic heterocycles. The molecule has 1 aromatic carbocycles. The number of benzene rings is 1. The first-order valence-electron chi connectivity index (χ1n) is 7.21. The summed E-state index contributed by atoms with van der Waals surface area (Å²) in [6.07, 6.45) is 1.79. The molecule has 0 aliphatic carbocycles. The van der Waals surface area contributed by atoms with Crippen LogP contribution in [0.4, 0.5) is 0 Å². The van der Waals surface area contributed by atoms with Crippen LogP contribution in [0.2, 0.25) is 10.0 Å². The van der Waals surface area contributed by atoms with Crippen molar-refractivity contribution in [2.75, 3.05) is 13.1 Å². The maximum absolute atomic E-state index is 12.0. The van der Waals surface area contributed by atoms with Crippen LogP contribution in [-0.2, 0) is 4.79 Å². The van der Waals surface area contributed by atoms with E-state index in [1.807, 2.05) is 0 Å². The van der Waals surface area contributed by atoms with Crippen LogP contribution in [0.15, 0.2) is 18.2 Å². The molecule has 0 bridgehead atoms. The summed E-state index contributed by atoms with van der Waals surface area (Å²) >= 11 is 11.7. The zero-order valence-corrected chi connectivity index (χ0v) is 15.0. The second-order valence-corrected chi connectivity index (χ2v) is 6.27. The fraction of sp³-hybridized carbons (Fsp3) is 0.467. The summed E-state index contributed by atoms with van der Waals surface area (Å²) in [6, 6.07) is 5.15. The standard InChI is InChI=1S/C15H19Cl2N3O2.ClH/c1-9-6-11(4-5-18-9)20-14(21)8-19-15(22)10-2-3-12(16)13(17)7-10;/h2-3,7,9,11,18H,4-6,8H2,1H3,(H,19,22)(H,20,21);1H. The number of piperidine rings is 1. The molecule has 2 atom stereocenters. The summed E-state index contributed by atoms with van der Waals surface area (Å²) < 4.78 is 0. The Morgan fingerprint density at radius 3 is 2.70 bits per heavy atom. The molecule has 5 nitrogen and oxygen atoms in total. The highest BCUT2D eigenvalue weighted by molar-refractivity contribution is 6.42. The van der Waals surface area contributed by atoms with Gasteiger partial charge in [0.05, 0.1) is 16.6 Å². The molecule has 0 radical (unpaired) electrons. The van der Waals surface area contributed by atoms with Gasteiger partial charge in [-0.3, -0.25) is 9.59 Å². The first-order valence-corrected chi connectivity index (χ1v) is 7.97. The van der Waals surface area contributed by atoms with E-state index in [4.69, 9.17) is 23.2 Å². The molecule has 2 unspecified atom stereocenters. The van der Waals surface area contributed by atoms with Gasteiger partial charge in [0.25, 0.3) is 5.91 Å². The van der Waals surface area contributed by atoms with Crippen molar-refractivity contribution in [3.63, 3.8) is 0 Å². The molecule has 1 fully saturated rings. The van der Waals surface area contributed by atoms with Gasteiger partial charge in [-0.2, -0.15) is 0 Å². The molecule has 1 aromatic rings. The topological polar surface area (TPSA) is 70.2 Å². The lowest BCUT2D eigenvalue weighted by molar-refractivity contribution is -0.121. The smallest absolute Gasteiger partial charge is 0.251 e. The van der Waals surface area contributed by atoms with Crippen molar-refractivity contribution in [3.8, 4) is 0 Å². The molecule has 0 spiro atoms. The molecule has 128 valence electrons. The highest BCUT2D eigenvalue weighted by Gasteiger charge is 2.20. The number of amides is 2. The van der Waals surface area contributed by atoms with Crippen molar-refractivity contribution in [1.29, 1.82) is 0 Å². The van der Waals surface area contributed by atoms with Gasteiger partial charge in [0, 0.05) is 17.6 Å². The summed E-state index contributed by atoms with van der Waals surface area (Å²) in [4.78, 5) is 23.8. The Kier molecular flexibility index (Phi) is 8.12. The first kappa shape index (κ1) is 20.0. The van der Waals surface area contributed by atoms with Gasteiger partial charge in [-0.15, -0.1) is 12.4 Å². The van der Waals surface area contributed by atoms with Gasteiger partial charge in [0.2, 0.25) is 5.91 Å². The molecule has 3 N–H and O–H groups in total. The van der Waals surface area contributed by atoms with Gasteiger partial charge >= 0.3 is 0 Å². The van der Waals surface area contributed by atoms with Crippen molar-refractivity contribution in [2.45, 2.75) is 31.8 Å². The van der Waals surface area contributed by atoms with E-state index in [2.05, 4.69) is 22.9 Å². The molecule has 8 heteroatoms. The Hall–Kier alpha value is -1.01. The Morgan fingerprint density at radius 2 is 2.04 bits per heavy atom.